The zero-order valence-corrected chi connectivity index (χ0v) is 14.3. The molecule has 1 aliphatic heterocycles. The fraction of sp³-hybridized carbons (Fsp3) is 0.556. The number of hydrogen-bond donors (Lipinski definition) is 0. The third-order valence-corrected chi connectivity index (χ3v) is 7.37. The van der Waals surface area contributed by atoms with Crippen LogP contribution in [-0.4, -0.2) is 28.3 Å². The lowest BCUT2D eigenvalue weighted by atomic mass is 9.97. The minimum atomic E-state index is 0.0773. The van der Waals surface area contributed by atoms with Crippen molar-refractivity contribution < 1.29 is 9.59 Å². The Morgan fingerprint density at radius 2 is 1.67 bits per heavy atom. The van der Waals surface area contributed by atoms with Gasteiger partial charge in [0.25, 0.3) is 0 Å². The maximum absolute atomic E-state index is 12.9. The van der Waals surface area contributed by atoms with Gasteiger partial charge >= 0.3 is 0 Å². The van der Waals surface area contributed by atoms with E-state index in [2.05, 4.69) is 27.7 Å². The van der Waals surface area contributed by atoms with Crippen LogP contribution in [0.1, 0.15) is 53.2 Å². The van der Waals surface area contributed by atoms with E-state index in [-0.39, 0.29) is 21.9 Å². The number of carbonyl (C=O) groups is 2. The molecule has 21 heavy (non-hydrogen) atoms. The van der Waals surface area contributed by atoms with E-state index in [0.29, 0.717) is 18.6 Å². The van der Waals surface area contributed by atoms with Crippen LogP contribution in [0.2, 0.25) is 0 Å². The summed E-state index contributed by atoms with van der Waals surface area (Å²) in [5.74, 6) is 2.46. The summed E-state index contributed by atoms with van der Waals surface area (Å²) in [7, 11) is 0.0773. The Bertz CT molecular complexity index is 529. The lowest BCUT2D eigenvalue weighted by Gasteiger charge is -2.20. The highest BCUT2D eigenvalue weighted by Gasteiger charge is 2.38. The molecule has 0 bridgehead atoms. The van der Waals surface area contributed by atoms with E-state index in [1.165, 1.54) is 16.7 Å². The molecule has 1 aliphatic rings. The average Bonchev–Trinajstić information content (AvgIpc) is 2.46. The lowest BCUT2D eigenvalue weighted by molar-refractivity contribution is -0.118. The number of aryl methyl sites for hydroxylation is 2. The number of Topliss-reactive ketones (excluding diaryl/α,β-unsaturated/α-hetero) is 2. The van der Waals surface area contributed by atoms with Crippen molar-refractivity contribution >= 4 is 22.5 Å². The number of benzene rings is 1. The van der Waals surface area contributed by atoms with Crippen molar-refractivity contribution in [3.05, 3.63) is 34.4 Å². The van der Waals surface area contributed by atoms with Crippen LogP contribution in [0.5, 0.6) is 0 Å². The van der Waals surface area contributed by atoms with Crippen molar-refractivity contribution in [2.75, 3.05) is 11.5 Å². The van der Waals surface area contributed by atoms with Gasteiger partial charge < -0.3 is 0 Å². The molecule has 0 aliphatic carbocycles. The van der Waals surface area contributed by atoms with Gasteiger partial charge in [-0.15, -0.1) is 0 Å². The third-order valence-electron chi connectivity index (χ3n) is 4.56. The van der Waals surface area contributed by atoms with Crippen molar-refractivity contribution in [2.45, 2.75) is 52.2 Å². The number of carbonyl (C=O) groups excluding carboxylic acids is 2. The second kappa shape index (κ2) is 6.78. The van der Waals surface area contributed by atoms with E-state index in [1.807, 2.05) is 12.1 Å². The van der Waals surface area contributed by atoms with Gasteiger partial charge in [0, 0.05) is 5.56 Å². The molecule has 2 rings (SSSR count). The summed E-state index contributed by atoms with van der Waals surface area (Å²) < 4.78 is 0. The molecule has 0 aromatic heterocycles. The predicted octanol–water partition coefficient (Wildman–Crippen LogP) is 3.55. The highest BCUT2D eigenvalue weighted by Crippen LogP contribution is 2.24. The van der Waals surface area contributed by atoms with Gasteiger partial charge in [0.05, 0.1) is 12.8 Å². The molecule has 0 amide bonds. The topological polar surface area (TPSA) is 34.1 Å². The van der Waals surface area contributed by atoms with E-state index in [1.54, 1.807) is 0 Å². The van der Waals surface area contributed by atoms with E-state index in [4.69, 9.17) is 0 Å². The third kappa shape index (κ3) is 3.57. The Morgan fingerprint density at radius 3 is 2.14 bits per heavy atom. The molecule has 0 N–H and O–H groups in total. The van der Waals surface area contributed by atoms with Crippen LogP contribution in [0.4, 0.5) is 0 Å². The van der Waals surface area contributed by atoms with Crippen molar-refractivity contribution in [2.24, 2.45) is 0 Å². The first-order valence-electron chi connectivity index (χ1n) is 7.74. The standard InChI is InChI=1S/C18H25O2S/c1-5-17(21-8-6-16(19)7-9-21)18(20)15-10-12(2)14(4)13(3)11-15/h10-11,17H,5-9H2,1-4H3/q+1. The van der Waals surface area contributed by atoms with Crippen LogP contribution in [0.15, 0.2) is 12.1 Å². The Hall–Kier alpha value is -1.09. The van der Waals surface area contributed by atoms with Crippen molar-refractivity contribution in [3.63, 3.8) is 0 Å². The minimum Gasteiger partial charge on any atom is -0.299 e. The highest BCUT2D eigenvalue weighted by molar-refractivity contribution is 7.98. The van der Waals surface area contributed by atoms with Crippen molar-refractivity contribution in [1.82, 2.24) is 0 Å². The Kier molecular flexibility index (Phi) is 5.26. The molecule has 1 saturated heterocycles. The molecule has 0 radical (unpaired) electrons. The molecule has 114 valence electrons. The number of hydrogen-bond acceptors (Lipinski definition) is 2. The zero-order chi connectivity index (χ0) is 15.6. The summed E-state index contributed by atoms with van der Waals surface area (Å²) >= 11 is 0. The molecule has 1 atom stereocenters. The van der Waals surface area contributed by atoms with Crippen LogP contribution >= 0.6 is 0 Å². The first-order valence-corrected chi connectivity index (χ1v) is 9.36. The summed E-state index contributed by atoms with van der Waals surface area (Å²) in [5.41, 5.74) is 4.50. The fourth-order valence-corrected chi connectivity index (χ4v) is 5.60. The lowest BCUT2D eigenvalue weighted by Crippen LogP contribution is -2.38. The maximum Gasteiger partial charge on any atom is 0.214 e. The van der Waals surface area contributed by atoms with Gasteiger partial charge in [-0.05, 0) is 66.9 Å². The molecule has 1 aromatic carbocycles. The van der Waals surface area contributed by atoms with Gasteiger partial charge in [0.1, 0.15) is 17.3 Å². The zero-order valence-electron chi connectivity index (χ0n) is 13.5. The predicted molar refractivity (Wildman–Crippen MR) is 90.4 cm³/mol. The normalized spacial score (nSPS) is 17.8. The van der Waals surface area contributed by atoms with Crippen LogP contribution in [0.3, 0.4) is 0 Å². The molecule has 1 aromatic rings. The van der Waals surface area contributed by atoms with E-state index >= 15 is 0 Å². The summed E-state index contributed by atoms with van der Waals surface area (Å²) in [6.07, 6.45) is 2.21. The van der Waals surface area contributed by atoms with Gasteiger partial charge in [-0.1, -0.05) is 6.92 Å². The first-order chi connectivity index (χ1) is 9.93. The molecule has 0 saturated carbocycles. The molecule has 2 nitrogen and oxygen atoms in total. The molecular weight excluding hydrogens is 280 g/mol. The van der Waals surface area contributed by atoms with E-state index in [9.17, 15) is 9.59 Å². The molecule has 0 spiro atoms. The van der Waals surface area contributed by atoms with Gasteiger partial charge in [-0.2, -0.15) is 0 Å². The van der Waals surface area contributed by atoms with Gasteiger partial charge in [-0.3, -0.25) is 9.59 Å². The first kappa shape index (κ1) is 16.3. The highest BCUT2D eigenvalue weighted by atomic mass is 32.2. The average molecular weight is 305 g/mol. The van der Waals surface area contributed by atoms with Gasteiger partial charge in [-0.25, -0.2) is 0 Å². The Morgan fingerprint density at radius 1 is 1.14 bits per heavy atom. The monoisotopic (exact) mass is 305 g/mol. The number of rotatable bonds is 4. The van der Waals surface area contributed by atoms with Crippen LogP contribution in [0, 0.1) is 20.8 Å². The molecule has 1 unspecified atom stereocenters. The summed E-state index contributed by atoms with van der Waals surface area (Å²) in [5, 5.41) is 0.0969. The second-order valence-corrected chi connectivity index (χ2v) is 8.44. The van der Waals surface area contributed by atoms with Gasteiger partial charge in [0.15, 0.2) is 5.25 Å². The quantitative estimate of drug-likeness (QED) is 0.629. The van der Waals surface area contributed by atoms with Gasteiger partial charge in [0.2, 0.25) is 5.78 Å². The largest absolute Gasteiger partial charge is 0.299 e. The maximum atomic E-state index is 12.9. The number of ketones is 2. The molecular formula is C18H25O2S+. The second-order valence-electron chi connectivity index (χ2n) is 5.98. The molecule has 3 heteroatoms. The summed E-state index contributed by atoms with van der Waals surface area (Å²) in [6, 6.07) is 4.07. The van der Waals surface area contributed by atoms with Crippen molar-refractivity contribution in [3.8, 4) is 0 Å². The SMILES string of the molecule is CCC(C(=O)c1cc(C)c(C)c(C)c1)[S+]1CCC(=O)CC1. The fourth-order valence-electron chi connectivity index (χ4n) is 2.94. The van der Waals surface area contributed by atoms with Crippen LogP contribution in [0.25, 0.3) is 0 Å². The molecule has 1 heterocycles. The van der Waals surface area contributed by atoms with E-state index < -0.39 is 0 Å². The van der Waals surface area contributed by atoms with Crippen molar-refractivity contribution in [1.29, 1.82) is 0 Å². The van der Waals surface area contributed by atoms with E-state index in [0.717, 1.165) is 23.5 Å². The molecule has 1 fully saturated rings. The summed E-state index contributed by atoms with van der Waals surface area (Å²) in [4.78, 5) is 24.3. The Labute approximate surface area is 130 Å². The van der Waals surface area contributed by atoms with Crippen LogP contribution < -0.4 is 0 Å². The summed E-state index contributed by atoms with van der Waals surface area (Å²) in [6.45, 7) is 8.34. The minimum absolute atomic E-state index is 0.0773. The smallest absolute Gasteiger partial charge is 0.214 e. The van der Waals surface area contributed by atoms with Crippen LogP contribution in [-0.2, 0) is 15.7 Å². The Balaban J connectivity index is 2.22.